The van der Waals surface area contributed by atoms with E-state index in [0.29, 0.717) is 47.1 Å². The van der Waals surface area contributed by atoms with E-state index in [-0.39, 0.29) is 17.9 Å². The third-order valence-electron chi connectivity index (χ3n) is 8.42. The van der Waals surface area contributed by atoms with Crippen LogP contribution in [0.4, 0.5) is 18.9 Å². The maximum absolute atomic E-state index is 14.9. The van der Waals surface area contributed by atoms with Gasteiger partial charge in [0.1, 0.15) is 16.4 Å². The minimum absolute atomic E-state index is 0.0370. The van der Waals surface area contributed by atoms with Gasteiger partial charge in [-0.3, -0.25) is 4.79 Å². The lowest BCUT2D eigenvalue weighted by molar-refractivity contribution is -0.131. The van der Waals surface area contributed by atoms with Crippen molar-refractivity contribution in [3.8, 4) is 27.1 Å². The van der Waals surface area contributed by atoms with Gasteiger partial charge in [-0.2, -0.15) is 5.26 Å². The number of nitrogens with one attached hydrogen (secondary N) is 1. The molecule has 2 heterocycles. The molecule has 3 aromatic rings. The number of hydrogen-bond acceptors (Lipinski definition) is 7. The zero-order valence-electron chi connectivity index (χ0n) is 22.7. The highest BCUT2D eigenvalue weighted by atomic mass is 32.2. The van der Waals surface area contributed by atoms with E-state index in [1.54, 1.807) is 12.1 Å². The molecular weight excluding hydrogens is 585 g/mol. The molecule has 1 amide bonds. The first-order chi connectivity index (χ1) is 20.0. The van der Waals surface area contributed by atoms with Crippen molar-refractivity contribution in [2.75, 3.05) is 29.5 Å². The molecule has 7 nitrogen and oxygen atoms in total. The fourth-order valence-corrected chi connectivity index (χ4v) is 8.10. The summed E-state index contributed by atoms with van der Waals surface area (Å²) in [7, 11) is -3.03. The molecule has 1 N–H and O–H groups in total. The van der Waals surface area contributed by atoms with Crippen molar-refractivity contribution in [3.63, 3.8) is 0 Å². The van der Waals surface area contributed by atoms with E-state index in [9.17, 15) is 31.6 Å². The third kappa shape index (κ3) is 5.90. The van der Waals surface area contributed by atoms with E-state index >= 15 is 0 Å². The van der Waals surface area contributed by atoms with Gasteiger partial charge in [-0.25, -0.2) is 26.6 Å². The van der Waals surface area contributed by atoms with Gasteiger partial charge in [0.15, 0.2) is 9.84 Å². The summed E-state index contributed by atoms with van der Waals surface area (Å²) >= 11 is 1.29. The van der Waals surface area contributed by atoms with Crippen LogP contribution in [0.3, 0.4) is 0 Å². The first kappa shape index (κ1) is 28.7. The number of thiazole rings is 1. The number of rotatable bonds is 6. The summed E-state index contributed by atoms with van der Waals surface area (Å²) in [4.78, 5) is 20.9. The monoisotopic (exact) mass is 614 g/mol. The van der Waals surface area contributed by atoms with Gasteiger partial charge >= 0.3 is 0 Å². The number of hydrogen-bond donors (Lipinski definition) is 1. The molecule has 2 saturated carbocycles. The van der Waals surface area contributed by atoms with Crippen molar-refractivity contribution < 1.29 is 26.4 Å². The van der Waals surface area contributed by atoms with E-state index in [2.05, 4.69) is 11.4 Å². The quantitative estimate of drug-likeness (QED) is 0.391. The summed E-state index contributed by atoms with van der Waals surface area (Å²) in [6, 6.07) is 15.4. The lowest BCUT2D eigenvalue weighted by atomic mass is 9.74. The van der Waals surface area contributed by atoms with Crippen molar-refractivity contribution in [2.24, 2.45) is 5.92 Å². The van der Waals surface area contributed by atoms with Gasteiger partial charge in [0, 0.05) is 49.0 Å². The van der Waals surface area contributed by atoms with Gasteiger partial charge in [-0.1, -0.05) is 12.1 Å². The van der Waals surface area contributed by atoms with Crippen LogP contribution in [-0.2, 0) is 14.6 Å². The predicted molar refractivity (Wildman–Crippen MR) is 155 cm³/mol. The molecule has 220 valence electrons. The van der Waals surface area contributed by atoms with Crippen LogP contribution >= 0.6 is 11.3 Å². The Morgan fingerprint density at radius 3 is 2.29 bits per heavy atom. The topological polar surface area (TPSA) is 103 Å². The molecule has 1 aromatic heterocycles. The normalized spacial score (nSPS) is 24.0. The minimum atomic E-state index is -3.03. The van der Waals surface area contributed by atoms with Crippen LogP contribution < -0.4 is 10.2 Å². The largest absolute Gasteiger partial charge is 0.369 e. The zero-order chi connectivity index (χ0) is 29.7. The lowest BCUT2D eigenvalue weighted by Crippen LogP contribution is -2.45. The first-order valence-corrected chi connectivity index (χ1v) is 16.5. The number of carbonyl (C=O) groups excluding carboxylic acids is 1. The molecule has 6 rings (SSSR count). The second kappa shape index (κ2) is 10.7. The van der Waals surface area contributed by atoms with Crippen LogP contribution in [0.15, 0.2) is 48.5 Å². The van der Waals surface area contributed by atoms with Gasteiger partial charge in [0.05, 0.1) is 28.1 Å². The second-order valence-electron chi connectivity index (χ2n) is 11.4. The molecular formula is C30H29F3N4O3S2. The van der Waals surface area contributed by atoms with Gasteiger partial charge in [0.25, 0.3) is 0 Å². The smallest absolute Gasteiger partial charge is 0.248 e. The fourth-order valence-electron chi connectivity index (χ4n) is 5.75. The Hall–Kier alpha value is -3.43. The summed E-state index contributed by atoms with van der Waals surface area (Å²) in [6.45, 7) is 0.778. The molecule has 3 aliphatic rings. The minimum Gasteiger partial charge on any atom is -0.369 e. The van der Waals surface area contributed by atoms with E-state index in [0.717, 1.165) is 11.3 Å². The van der Waals surface area contributed by atoms with E-state index in [4.69, 9.17) is 4.98 Å². The maximum Gasteiger partial charge on any atom is 0.248 e. The molecule has 2 unspecified atom stereocenters. The van der Waals surface area contributed by atoms with Gasteiger partial charge in [-0.05, 0) is 61.2 Å². The van der Waals surface area contributed by atoms with Crippen LogP contribution in [0.5, 0.6) is 0 Å². The number of halogens is 3. The molecule has 2 aromatic carbocycles. The first-order valence-electron chi connectivity index (χ1n) is 13.9. The number of nitriles is 1. The maximum atomic E-state index is 14.9. The second-order valence-corrected chi connectivity index (χ2v) is 14.7. The Labute approximate surface area is 246 Å². The number of sulfone groups is 1. The SMILES string of the molecule is N#CC1(NC(=O)C2CCC(F)(F)CC2c2nc(-c3ccc(F)cc3)sc2-c2ccc(N3CCS(=O)(=O)CC3)cc2)CC1. The summed E-state index contributed by atoms with van der Waals surface area (Å²) in [5, 5.41) is 12.8. The van der Waals surface area contributed by atoms with Crippen molar-refractivity contribution >= 4 is 32.8 Å². The summed E-state index contributed by atoms with van der Waals surface area (Å²) in [5.41, 5.74) is 1.68. The third-order valence-corrected chi connectivity index (χ3v) is 11.2. The van der Waals surface area contributed by atoms with Crippen LogP contribution in [0.25, 0.3) is 21.0 Å². The van der Waals surface area contributed by atoms with E-state index in [1.807, 2.05) is 29.2 Å². The molecule has 1 aliphatic heterocycles. The lowest BCUT2D eigenvalue weighted by Gasteiger charge is -2.35. The molecule has 12 heteroatoms. The average Bonchev–Trinajstić information content (AvgIpc) is 3.59. The Kier molecular flexibility index (Phi) is 7.30. The Bertz CT molecular complexity index is 1630. The molecule has 2 aliphatic carbocycles. The van der Waals surface area contributed by atoms with Crippen LogP contribution in [0.2, 0.25) is 0 Å². The van der Waals surface area contributed by atoms with E-state index < -0.39 is 57.7 Å². The molecule has 2 atom stereocenters. The number of anilines is 1. The number of amides is 1. The zero-order valence-corrected chi connectivity index (χ0v) is 24.3. The van der Waals surface area contributed by atoms with Crippen molar-refractivity contribution in [1.82, 2.24) is 10.3 Å². The Morgan fingerprint density at radius 1 is 1.02 bits per heavy atom. The van der Waals surface area contributed by atoms with Crippen molar-refractivity contribution in [3.05, 3.63) is 60.0 Å². The summed E-state index contributed by atoms with van der Waals surface area (Å²) in [6.07, 6.45) is 0.0599. The van der Waals surface area contributed by atoms with Gasteiger partial charge in [-0.15, -0.1) is 11.3 Å². The summed E-state index contributed by atoms with van der Waals surface area (Å²) in [5.74, 6) is -5.31. The van der Waals surface area contributed by atoms with Crippen LogP contribution in [-0.4, -0.2) is 55.4 Å². The highest BCUT2D eigenvalue weighted by Crippen LogP contribution is 2.50. The molecule has 0 bridgehead atoms. The van der Waals surface area contributed by atoms with Crippen LogP contribution in [0.1, 0.15) is 43.7 Å². The number of carbonyl (C=O) groups is 1. The van der Waals surface area contributed by atoms with Crippen molar-refractivity contribution in [2.45, 2.75) is 49.5 Å². The van der Waals surface area contributed by atoms with Crippen molar-refractivity contribution in [1.29, 1.82) is 5.26 Å². The highest BCUT2D eigenvalue weighted by Gasteiger charge is 2.50. The summed E-state index contributed by atoms with van der Waals surface area (Å²) < 4.78 is 67.2. The Morgan fingerprint density at radius 2 is 1.67 bits per heavy atom. The standard InChI is InChI=1S/C30H29F3N4O3S2/c31-21-5-1-20(2-6-21)28-35-25(24-17-30(32,33)10-9-23(24)27(38)36-29(18-34)11-12-29)26(41-28)19-3-7-22(8-4-19)37-13-15-42(39,40)16-14-37/h1-8,23-24H,9-17H2,(H,36,38). The predicted octanol–water partition coefficient (Wildman–Crippen LogP) is 5.54. The number of alkyl halides is 2. The average molecular weight is 615 g/mol. The molecule has 0 radical (unpaired) electrons. The Balaban J connectivity index is 1.38. The molecule has 1 saturated heterocycles. The molecule has 3 fully saturated rings. The van der Waals surface area contributed by atoms with E-state index in [1.165, 1.54) is 23.5 Å². The van der Waals surface area contributed by atoms with Gasteiger partial charge in [0.2, 0.25) is 11.8 Å². The number of nitrogens with zero attached hydrogens (tertiary/aromatic N) is 3. The van der Waals surface area contributed by atoms with Crippen LogP contribution in [0, 0.1) is 23.1 Å². The molecule has 42 heavy (non-hydrogen) atoms. The number of benzene rings is 2. The van der Waals surface area contributed by atoms with Gasteiger partial charge < -0.3 is 10.2 Å². The number of aromatic nitrogens is 1. The highest BCUT2D eigenvalue weighted by molar-refractivity contribution is 7.91. The fraction of sp³-hybridized carbons (Fsp3) is 0.433. The molecule has 0 spiro atoms.